The van der Waals surface area contributed by atoms with Crippen LogP contribution < -0.4 is 5.32 Å². The van der Waals surface area contributed by atoms with Crippen molar-refractivity contribution in [3.8, 4) is 0 Å². The minimum Gasteiger partial charge on any atom is -0.352 e. The van der Waals surface area contributed by atoms with Gasteiger partial charge >= 0.3 is 0 Å². The number of hydrogen-bond donors (Lipinski definition) is 1. The van der Waals surface area contributed by atoms with E-state index in [0.29, 0.717) is 6.42 Å². The quantitative estimate of drug-likeness (QED) is 0.368. The molecule has 0 heterocycles. The number of hydrogen-bond acceptors (Lipinski definition) is 4. The Kier molecular flexibility index (Phi) is 10.1. The monoisotopic (exact) mass is 561 g/mol. The van der Waals surface area contributed by atoms with E-state index in [0.717, 1.165) is 46.7 Å². The summed E-state index contributed by atoms with van der Waals surface area (Å²) in [4.78, 5) is 29.5. The molecule has 1 N–H and O–H groups in total. The van der Waals surface area contributed by atoms with E-state index in [9.17, 15) is 18.0 Å². The number of benzene rings is 3. The third-order valence-electron chi connectivity index (χ3n) is 7.51. The normalized spacial score (nSPS) is 15.0. The third-order valence-corrected chi connectivity index (χ3v) is 9.32. The summed E-state index contributed by atoms with van der Waals surface area (Å²) >= 11 is 0. The first kappa shape index (κ1) is 29.5. The minimum absolute atomic E-state index is 0.0813. The zero-order chi connectivity index (χ0) is 28.5. The Labute approximate surface area is 238 Å². The van der Waals surface area contributed by atoms with Crippen molar-refractivity contribution in [1.29, 1.82) is 0 Å². The molecule has 0 radical (unpaired) electrons. The van der Waals surface area contributed by atoms with Crippen molar-refractivity contribution in [2.24, 2.45) is 0 Å². The average molecular weight is 562 g/mol. The molecule has 40 heavy (non-hydrogen) atoms. The van der Waals surface area contributed by atoms with Gasteiger partial charge in [-0.25, -0.2) is 8.42 Å². The number of rotatable bonds is 11. The van der Waals surface area contributed by atoms with Crippen molar-refractivity contribution >= 4 is 21.8 Å². The number of likely N-dealkylation sites (N-methyl/N-ethyl adjacent to an activating group) is 1. The maximum absolute atomic E-state index is 14.0. The van der Waals surface area contributed by atoms with Gasteiger partial charge in [0, 0.05) is 26.1 Å². The Morgan fingerprint density at radius 1 is 0.850 bits per heavy atom. The lowest BCUT2D eigenvalue weighted by Gasteiger charge is -2.34. The number of aryl methyl sites for hydroxylation is 1. The van der Waals surface area contributed by atoms with Crippen molar-refractivity contribution in [1.82, 2.24) is 14.5 Å². The van der Waals surface area contributed by atoms with Crippen LogP contribution in [0.2, 0.25) is 0 Å². The van der Waals surface area contributed by atoms with E-state index in [1.54, 1.807) is 29.2 Å². The molecule has 0 aromatic heterocycles. The lowest BCUT2D eigenvalue weighted by Crippen LogP contribution is -2.54. The van der Waals surface area contributed by atoms with Gasteiger partial charge in [0.25, 0.3) is 0 Å². The van der Waals surface area contributed by atoms with E-state index in [1.165, 1.54) is 13.5 Å². The topological polar surface area (TPSA) is 86.8 Å². The Balaban J connectivity index is 1.64. The summed E-state index contributed by atoms with van der Waals surface area (Å²) in [7, 11) is -2.49. The van der Waals surface area contributed by atoms with E-state index in [4.69, 9.17) is 0 Å². The van der Waals surface area contributed by atoms with Crippen LogP contribution in [0.4, 0.5) is 0 Å². The zero-order valence-corrected chi connectivity index (χ0v) is 24.1. The van der Waals surface area contributed by atoms with Crippen molar-refractivity contribution < 1.29 is 18.0 Å². The van der Waals surface area contributed by atoms with Crippen LogP contribution in [-0.4, -0.2) is 55.1 Å². The molecule has 0 bridgehead atoms. The van der Waals surface area contributed by atoms with Crippen LogP contribution in [0, 0.1) is 6.92 Å². The van der Waals surface area contributed by atoms with Crippen LogP contribution in [-0.2, 0) is 32.6 Å². The summed E-state index contributed by atoms with van der Waals surface area (Å²) in [5.74, 6) is -0.633. The van der Waals surface area contributed by atoms with E-state index in [2.05, 4.69) is 5.32 Å². The van der Waals surface area contributed by atoms with Crippen LogP contribution in [0.15, 0.2) is 89.8 Å². The first-order chi connectivity index (χ1) is 19.2. The summed E-state index contributed by atoms with van der Waals surface area (Å²) in [5.41, 5.74) is 2.74. The highest BCUT2D eigenvalue weighted by atomic mass is 32.2. The fraction of sp³-hybridized carbons (Fsp3) is 0.375. The van der Waals surface area contributed by atoms with Crippen LogP contribution in [0.25, 0.3) is 0 Å². The van der Waals surface area contributed by atoms with Crippen molar-refractivity contribution in [2.45, 2.75) is 69.0 Å². The Morgan fingerprint density at radius 3 is 2.02 bits per heavy atom. The number of nitrogens with one attached hydrogen (secondary N) is 1. The second kappa shape index (κ2) is 13.7. The molecule has 0 aliphatic heterocycles. The molecule has 1 fully saturated rings. The molecule has 1 saturated carbocycles. The SMILES string of the molecule is Cc1ccc(S(=O)(=O)N(C)CC(=O)N(Cc2ccccc2)[C@@H](Cc2ccccc2)C(=O)NC2CCCCC2)cc1. The molecule has 0 spiro atoms. The summed E-state index contributed by atoms with van der Waals surface area (Å²) in [6, 6.07) is 25.0. The first-order valence-corrected chi connectivity index (χ1v) is 15.4. The third kappa shape index (κ3) is 7.79. The van der Waals surface area contributed by atoms with E-state index in [1.807, 2.05) is 67.6 Å². The Morgan fingerprint density at radius 2 is 1.43 bits per heavy atom. The summed E-state index contributed by atoms with van der Waals surface area (Å²) in [6.07, 6.45) is 5.49. The van der Waals surface area contributed by atoms with Gasteiger partial charge in [-0.15, -0.1) is 0 Å². The van der Waals surface area contributed by atoms with E-state index in [-0.39, 0.29) is 29.9 Å². The predicted octanol–water partition coefficient (Wildman–Crippen LogP) is 4.70. The van der Waals surface area contributed by atoms with E-state index < -0.39 is 22.0 Å². The Bertz CT molecular complexity index is 1360. The molecule has 7 nitrogen and oxygen atoms in total. The summed E-state index contributed by atoms with van der Waals surface area (Å²) < 4.78 is 27.7. The average Bonchev–Trinajstić information content (AvgIpc) is 2.96. The van der Waals surface area contributed by atoms with Crippen molar-refractivity contribution in [2.75, 3.05) is 13.6 Å². The molecule has 2 amide bonds. The van der Waals surface area contributed by atoms with Crippen LogP contribution in [0.3, 0.4) is 0 Å². The highest BCUT2D eigenvalue weighted by Gasteiger charge is 2.34. The minimum atomic E-state index is -3.90. The number of amides is 2. The molecule has 4 rings (SSSR count). The fourth-order valence-corrected chi connectivity index (χ4v) is 6.26. The lowest BCUT2D eigenvalue weighted by molar-refractivity contribution is -0.141. The molecule has 212 valence electrons. The fourth-order valence-electron chi connectivity index (χ4n) is 5.13. The van der Waals surface area contributed by atoms with Gasteiger partial charge in [0.05, 0.1) is 11.4 Å². The second-order valence-corrected chi connectivity index (χ2v) is 12.7. The van der Waals surface area contributed by atoms with Crippen molar-refractivity contribution in [3.05, 3.63) is 102 Å². The number of carbonyl (C=O) groups is 2. The summed E-state index contributed by atoms with van der Waals surface area (Å²) in [5, 5.41) is 3.21. The van der Waals surface area contributed by atoms with Crippen molar-refractivity contribution in [3.63, 3.8) is 0 Å². The molecular formula is C32H39N3O4S. The van der Waals surface area contributed by atoms with Gasteiger partial charge in [-0.1, -0.05) is 97.6 Å². The van der Waals surface area contributed by atoms with Gasteiger partial charge in [-0.3, -0.25) is 9.59 Å². The number of sulfonamides is 1. The predicted molar refractivity (Wildman–Crippen MR) is 157 cm³/mol. The van der Waals surface area contributed by atoms with Gasteiger partial charge < -0.3 is 10.2 Å². The maximum atomic E-state index is 14.0. The molecular weight excluding hydrogens is 522 g/mol. The van der Waals surface area contributed by atoms with Gasteiger partial charge in [-0.05, 0) is 43.0 Å². The largest absolute Gasteiger partial charge is 0.352 e. The van der Waals surface area contributed by atoms with Gasteiger partial charge in [0.1, 0.15) is 6.04 Å². The van der Waals surface area contributed by atoms with Gasteiger partial charge in [-0.2, -0.15) is 4.31 Å². The molecule has 1 atom stereocenters. The van der Waals surface area contributed by atoms with E-state index >= 15 is 0 Å². The lowest BCUT2D eigenvalue weighted by atomic mass is 9.94. The molecule has 3 aromatic rings. The van der Waals surface area contributed by atoms with Crippen LogP contribution in [0.1, 0.15) is 48.8 Å². The standard InChI is InChI=1S/C32H39N3O4S/c1-25-18-20-29(21-19-25)40(38,39)34(2)24-31(36)35(23-27-14-8-4-9-15-27)30(22-26-12-6-3-7-13-26)32(37)33-28-16-10-5-11-17-28/h3-4,6-9,12-15,18-21,28,30H,5,10-11,16-17,22-24H2,1-2H3,(H,33,37)/t30-/m0/s1. The second-order valence-electron chi connectivity index (χ2n) is 10.6. The zero-order valence-electron chi connectivity index (χ0n) is 23.3. The number of nitrogens with zero attached hydrogens (tertiary/aromatic N) is 2. The first-order valence-electron chi connectivity index (χ1n) is 13.9. The summed E-state index contributed by atoms with van der Waals surface area (Å²) in [6.45, 7) is 1.69. The molecule has 3 aromatic carbocycles. The molecule has 1 aliphatic rings. The van der Waals surface area contributed by atoms with Crippen LogP contribution in [0.5, 0.6) is 0 Å². The Hall–Kier alpha value is -3.49. The van der Waals surface area contributed by atoms with Crippen LogP contribution >= 0.6 is 0 Å². The number of carbonyl (C=O) groups excluding carboxylic acids is 2. The molecule has 8 heteroatoms. The maximum Gasteiger partial charge on any atom is 0.243 e. The molecule has 0 unspecified atom stereocenters. The highest BCUT2D eigenvalue weighted by molar-refractivity contribution is 7.89. The van der Waals surface area contributed by atoms with Gasteiger partial charge in [0.2, 0.25) is 21.8 Å². The highest BCUT2D eigenvalue weighted by Crippen LogP contribution is 2.21. The molecule has 0 saturated heterocycles. The smallest absolute Gasteiger partial charge is 0.243 e. The molecule has 1 aliphatic carbocycles. The van der Waals surface area contributed by atoms with Gasteiger partial charge in [0.15, 0.2) is 0 Å².